The largest absolute Gasteiger partial charge is 0.352 e. The molecule has 1 aromatic heterocycles. The summed E-state index contributed by atoms with van der Waals surface area (Å²) in [6.45, 7) is 2.17. The third-order valence-electron chi connectivity index (χ3n) is 3.94. The molecule has 128 valence electrons. The molecule has 1 heterocycles. The van der Waals surface area contributed by atoms with E-state index in [1.54, 1.807) is 35.0 Å². The van der Waals surface area contributed by atoms with Crippen molar-refractivity contribution in [3.05, 3.63) is 82.4 Å². The molecule has 0 bridgehead atoms. The third-order valence-corrected chi connectivity index (χ3v) is 4.18. The van der Waals surface area contributed by atoms with Gasteiger partial charge in [-0.05, 0) is 43.2 Å². The van der Waals surface area contributed by atoms with Crippen molar-refractivity contribution >= 4 is 17.5 Å². The van der Waals surface area contributed by atoms with Crippen LogP contribution in [0.25, 0.3) is 5.69 Å². The first-order valence-corrected chi connectivity index (χ1v) is 8.26. The van der Waals surface area contributed by atoms with Gasteiger partial charge >= 0.3 is 0 Å². The lowest BCUT2D eigenvalue weighted by Crippen LogP contribution is -2.26. The molecule has 0 atom stereocenters. The van der Waals surface area contributed by atoms with Gasteiger partial charge in [-0.2, -0.15) is 5.10 Å². The maximum Gasteiger partial charge on any atom is 0.254 e. The lowest BCUT2D eigenvalue weighted by Gasteiger charge is -2.07. The van der Waals surface area contributed by atoms with Crippen LogP contribution in [0.5, 0.6) is 0 Å². The van der Waals surface area contributed by atoms with Crippen molar-refractivity contribution in [2.75, 3.05) is 6.54 Å². The number of nitrogens with zero attached hydrogens (tertiary/aromatic N) is 2. The number of aromatic nitrogens is 2. The second-order valence-electron chi connectivity index (χ2n) is 5.63. The lowest BCUT2D eigenvalue weighted by molar-refractivity contribution is 0.0953. The first-order valence-electron chi connectivity index (χ1n) is 7.88. The van der Waals surface area contributed by atoms with Crippen molar-refractivity contribution in [2.24, 2.45) is 0 Å². The van der Waals surface area contributed by atoms with Gasteiger partial charge in [0.25, 0.3) is 5.91 Å². The molecule has 0 saturated heterocycles. The molecule has 1 N–H and O–H groups in total. The van der Waals surface area contributed by atoms with E-state index in [1.165, 1.54) is 12.3 Å². The minimum absolute atomic E-state index is 0.234. The summed E-state index contributed by atoms with van der Waals surface area (Å²) in [5.41, 5.74) is 2.56. The van der Waals surface area contributed by atoms with Crippen LogP contribution in [0, 0.1) is 12.7 Å². The number of hydrogen-bond acceptors (Lipinski definition) is 2. The average molecular weight is 358 g/mol. The summed E-state index contributed by atoms with van der Waals surface area (Å²) in [4.78, 5) is 12.4. The van der Waals surface area contributed by atoms with Crippen molar-refractivity contribution in [3.63, 3.8) is 0 Å². The predicted molar refractivity (Wildman–Crippen MR) is 95.7 cm³/mol. The average Bonchev–Trinajstić information content (AvgIpc) is 2.98. The Balaban J connectivity index is 1.68. The molecule has 0 unspecified atom stereocenters. The minimum Gasteiger partial charge on any atom is -0.352 e. The number of rotatable bonds is 5. The van der Waals surface area contributed by atoms with E-state index in [-0.39, 0.29) is 11.7 Å². The van der Waals surface area contributed by atoms with Gasteiger partial charge < -0.3 is 5.32 Å². The van der Waals surface area contributed by atoms with Crippen molar-refractivity contribution in [1.29, 1.82) is 0 Å². The van der Waals surface area contributed by atoms with Gasteiger partial charge in [0.2, 0.25) is 0 Å². The second kappa shape index (κ2) is 7.49. The molecule has 1 amide bonds. The SMILES string of the molecule is Cc1c(C(=O)NCCc2ccccc2F)cnn1-c1cccc(Cl)c1. The molecule has 0 radical (unpaired) electrons. The summed E-state index contributed by atoms with van der Waals surface area (Å²) in [5.74, 6) is -0.496. The topological polar surface area (TPSA) is 46.9 Å². The van der Waals surface area contributed by atoms with Crippen LogP contribution < -0.4 is 5.32 Å². The van der Waals surface area contributed by atoms with E-state index in [2.05, 4.69) is 10.4 Å². The molecule has 0 aliphatic rings. The highest BCUT2D eigenvalue weighted by Crippen LogP contribution is 2.18. The quantitative estimate of drug-likeness (QED) is 0.751. The van der Waals surface area contributed by atoms with Crippen LogP contribution in [-0.4, -0.2) is 22.2 Å². The van der Waals surface area contributed by atoms with Crippen LogP contribution in [0.1, 0.15) is 21.6 Å². The summed E-state index contributed by atoms with van der Waals surface area (Å²) in [6, 6.07) is 13.8. The standard InChI is InChI=1S/C19H17ClFN3O/c1-13-17(12-23-24(13)16-7-4-6-15(20)11-16)19(25)22-10-9-14-5-2-3-8-18(14)21/h2-8,11-12H,9-10H2,1H3,(H,22,25). The Morgan fingerprint density at radius 2 is 2.04 bits per heavy atom. The van der Waals surface area contributed by atoms with Crippen LogP contribution in [0.3, 0.4) is 0 Å². The van der Waals surface area contributed by atoms with Crippen LogP contribution in [0.4, 0.5) is 4.39 Å². The molecule has 4 nitrogen and oxygen atoms in total. The molecule has 3 rings (SSSR count). The van der Waals surface area contributed by atoms with Gasteiger partial charge in [0, 0.05) is 11.6 Å². The highest BCUT2D eigenvalue weighted by Gasteiger charge is 2.15. The van der Waals surface area contributed by atoms with Gasteiger partial charge in [0.15, 0.2) is 0 Å². The van der Waals surface area contributed by atoms with Crippen LogP contribution in [-0.2, 0) is 6.42 Å². The summed E-state index contributed by atoms with van der Waals surface area (Å²) in [5, 5.41) is 7.67. The third kappa shape index (κ3) is 3.88. The first-order chi connectivity index (χ1) is 12.1. The van der Waals surface area contributed by atoms with E-state index in [0.29, 0.717) is 34.8 Å². The molecule has 2 aromatic carbocycles. The highest BCUT2D eigenvalue weighted by molar-refractivity contribution is 6.30. The minimum atomic E-state index is -0.262. The Kier molecular flexibility index (Phi) is 5.14. The zero-order valence-electron chi connectivity index (χ0n) is 13.7. The Bertz CT molecular complexity index is 907. The van der Waals surface area contributed by atoms with E-state index in [0.717, 1.165) is 5.69 Å². The normalized spacial score (nSPS) is 10.7. The number of hydrogen-bond donors (Lipinski definition) is 1. The molecule has 3 aromatic rings. The summed E-state index contributed by atoms with van der Waals surface area (Å²) < 4.78 is 15.3. The fraction of sp³-hybridized carbons (Fsp3) is 0.158. The first kappa shape index (κ1) is 17.2. The van der Waals surface area contributed by atoms with Crippen molar-refractivity contribution in [1.82, 2.24) is 15.1 Å². The molecule has 6 heteroatoms. The molecular weight excluding hydrogens is 341 g/mol. The number of nitrogens with one attached hydrogen (secondary N) is 1. The van der Waals surface area contributed by atoms with Crippen LogP contribution in [0.15, 0.2) is 54.7 Å². The van der Waals surface area contributed by atoms with Gasteiger partial charge in [-0.1, -0.05) is 35.9 Å². The van der Waals surface area contributed by atoms with E-state index < -0.39 is 0 Å². The molecule has 0 fully saturated rings. The molecular formula is C19H17ClFN3O. The predicted octanol–water partition coefficient (Wildman–Crippen LogP) is 3.95. The number of carbonyl (C=O) groups excluding carboxylic acids is 1. The van der Waals surface area contributed by atoms with Gasteiger partial charge in [0.05, 0.1) is 23.1 Å². The fourth-order valence-electron chi connectivity index (χ4n) is 2.61. The molecule has 0 saturated carbocycles. The zero-order valence-corrected chi connectivity index (χ0v) is 14.4. The van der Waals surface area contributed by atoms with E-state index in [4.69, 9.17) is 11.6 Å². The maximum atomic E-state index is 13.6. The van der Waals surface area contributed by atoms with Crippen LogP contribution in [0.2, 0.25) is 5.02 Å². The Labute approximate surface area is 150 Å². The number of halogens is 2. The van der Waals surface area contributed by atoms with Gasteiger partial charge in [-0.3, -0.25) is 4.79 Å². The molecule has 0 aliphatic heterocycles. The summed E-state index contributed by atoms with van der Waals surface area (Å²) >= 11 is 6.00. The monoisotopic (exact) mass is 357 g/mol. The Morgan fingerprint density at radius 3 is 2.80 bits per heavy atom. The van der Waals surface area contributed by atoms with E-state index in [9.17, 15) is 9.18 Å². The number of carbonyl (C=O) groups is 1. The summed E-state index contributed by atoms with van der Waals surface area (Å²) in [6.07, 6.45) is 1.95. The van der Waals surface area contributed by atoms with Crippen molar-refractivity contribution < 1.29 is 9.18 Å². The van der Waals surface area contributed by atoms with E-state index in [1.807, 2.05) is 19.1 Å². The van der Waals surface area contributed by atoms with Crippen LogP contribution >= 0.6 is 11.6 Å². The Hall–Kier alpha value is -2.66. The molecule has 0 spiro atoms. The molecule has 25 heavy (non-hydrogen) atoms. The highest BCUT2D eigenvalue weighted by atomic mass is 35.5. The van der Waals surface area contributed by atoms with E-state index >= 15 is 0 Å². The fourth-order valence-corrected chi connectivity index (χ4v) is 2.79. The zero-order chi connectivity index (χ0) is 17.8. The van der Waals surface area contributed by atoms with Gasteiger partial charge in [-0.15, -0.1) is 0 Å². The Morgan fingerprint density at radius 1 is 1.24 bits per heavy atom. The second-order valence-corrected chi connectivity index (χ2v) is 6.07. The number of benzene rings is 2. The van der Waals surface area contributed by atoms with Gasteiger partial charge in [-0.25, -0.2) is 9.07 Å². The summed E-state index contributed by atoms with van der Waals surface area (Å²) in [7, 11) is 0. The smallest absolute Gasteiger partial charge is 0.254 e. The van der Waals surface area contributed by atoms with Crippen molar-refractivity contribution in [2.45, 2.75) is 13.3 Å². The lowest BCUT2D eigenvalue weighted by atomic mass is 10.1. The molecule has 0 aliphatic carbocycles. The van der Waals surface area contributed by atoms with Gasteiger partial charge in [0.1, 0.15) is 5.82 Å². The number of amides is 1. The van der Waals surface area contributed by atoms with Crippen molar-refractivity contribution in [3.8, 4) is 5.69 Å². The maximum absolute atomic E-state index is 13.6.